The van der Waals surface area contributed by atoms with Gasteiger partial charge in [-0.1, -0.05) is 13.8 Å². The fourth-order valence-corrected chi connectivity index (χ4v) is 1.72. The SMILES string of the molecule is CC(Nc1cc(C(=O)O)cc(C(C)C)n1)C(=O)N(C)C. The standard InChI is InChI=1S/C14H21N3O3/c1-8(2)11-6-10(14(19)20)7-12(16-11)15-9(3)13(18)17(4)5/h6-9H,1-5H3,(H,15,16)(H,19,20). The summed E-state index contributed by atoms with van der Waals surface area (Å²) in [6.07, 6.45) is 0. The maximum Gasteiger partial charge on any atom is 0.335 e. The minimum atomic E-state index is -1.01. The largest absolute Gasteiger partial charge is 0.478 e. The third-order valence-electron chi connectivity index (χ3n) is 2.86. The average Bonchev–Trinajstić information content (AvgIpc) is 2.36. The molecule has 0 saturated heterocycles. The third-order valence-corrected chi connectivity index (χ3v) is 2.86. The van der Waals surface area contributed by atoms with E-state index >= 15 is 0 Å². The number of carboxylic acids is 1. The quantitative estimate of drug-likeness (QED) is 0.858. The number of nitrogens with zero attached hydrogens (tertiary/aromatic N) is 2. The molecule has 0 aliphatic rings. The van der Waals surface area contributed by atoms with E-state index in [-0.39, 0.29) is 17.4 Å². The summed E-state index contributed by atoms with van der Waals surface area (Å²) in [5, 5.41) is 12.1. The maximum atomic E-state index is 11.8. The molecular weight excluding hydrogens is 258 g/mol. The molecule has 1 aromatic rings. The molecule has 0 fully saturated rings. The molecule has 1 rings (SSSR count). The molecule has 0 saturated carbocycles. The van der Waals surface area contributed by atoms with Crippen molar-refractivity contribution < 1.29 is 14.7 Å². The number of hydrogen-bond donors (Lipinski definition) is 2. The molecule has 0 bridgehead atoms. The molecule has 6 heteroatoms. The molecule has 1 heterocycles. The first kappa shape index (κ1) is 15.9. The molecular formula is C14H21N3O3. The highest BCUT2D eigenvalue weighted by Gasteiger charge is 2.17. The van der Waals surface area contributed by atoms with Gasteiger partial charge in [0.1, 0.15) is 11.9 Å². The second-order valence-corrected chi connectivity index (χ2v) is 5.22. The number of rotatable bonds is 5. The fourth-order valence-electron chi connectivity index (χ4n) is 1.72. The van der Waals surface area contributed by atoms with E-state index in [1.54, 1.807) is 27.1 Å². The van der Waals surface area contributed by atoms with Crippen molar-refractivity contribution >= 4 is 17.7 Å². The Morgan fingerprint density at radius 2 is 1.85 bits per heavy atom. The monoisotopic (exact) mass is 279 g/mol. The topological polar surface area (TPSA) is 82.5 Å². The maximum absolute atomic E-state index is 11.8. The van der Waals surface area contributed by atoms with Crippen LogP contribution in [0, 0.1) is 0 Å². The summed E-state index contributed by atoms with van der Waals surface area (Å²) in [6, 6.07) is 2.52. The molecule has 0 aromatic carbocycles. The predicted octanol–water partition coefficient (Wildman–Crippen LogP) is 1.79. The van der Waals surface area contributed by atoms with Crippen molar-refractivity contribution in [3.05, 3.63) is 23.4 Å². The highest BCUT2D eigenvalue weighted by atomic mass is 16.4. The summed E-state index contributed by atoms with van der Waals surface area (Å²) in [5.74, 6) is -0.603. The van der Waals surface area contributed by atoms with Gasteiger partial charge in [0.25, 0.3) is 0 Å². The smallest absolute Gasteiger partial charge is 0.335 e. The lowest BCUT2D eigenvalue weighted by atomic mass is 10.1. The Balaban J connectivity index is 3.05. The van der Waals surface area contributed by atoms with Crippen LogP contribution in [-0.2, 0) is 4.79 Å². The number of amides is 1. The van der Waals surface area contributed by atoms with Crippen LogP contribution in [0.2, 0.25) is 0 Å². The van der Waals surface area contributed by atoms with Gasteiger partial charge in [0.2, 0.25) is 5.91 Å². The predicted molar refractivity (Wildman–Crippen MR) is 77.1 cm³/mol. The molecule has 20 heavy (non-hydrogen) atoms. The average molecular weight is 279 g/mol. The van der Waals surface area contributed by atoms with Crippen molar-refractivity contribution in [3.63, 3.8) is 0 Å². The van der Waals surface area contributed by atoms with Crippen LogP contribution in [0.25, 0.3) is 0 Å². The van der Waals surface area contributed by atoms with E-state index in [1.165, 1.54) is 11.0 Å². The van der Waals surface area contributed by atoms with Crippen molar-refractivity contribution in [3.8, 4) is 0 Å². The molecule has 1 atom stereocenters. The van der Waals surface area contributed by atoms with Gasteiger partial charge in [-0.3, -0.25) is 4.79 Å². The van der Waals surface area contributed by atoms with Crippen LogP contribution in [0.4, 0.5) is 5.82 Å². The van der Waals surface area contributed by atoms with Gasteiger partial charge in [-0.05, 0) is 25.0 Å². The fraction of sp³-hybridized carbons (Fsp3) is 0.500. The zero-order valence-corrected chi connectivity index (χ0v) is 12.5. The van der Waals surface area contributed by atoms with Crippen molar-refractivity contribution in [1.82, 2.24) is 9.88 Å². The molecule has 110 valence electrons. The Morgan fingerprint density at radius 1 is 1.25 bits per heavy atom. The number of anilines is 1. The van der Waals surface area contributed by atoms with Crippen LogP contribution in [0.3, 0.4) is 0 Å². The lowest BCUT2D eigenvalue weighted by Crippen LogP contribution is -2.36. The first-order valence-electron chi connectivity index (χ1n) is 6.45. The van der Waals surface area contributed by atoms with Crippen LogP contribution in [0.15, 0.2) is 12.1 Å². The Morgan fingerprint density at radius 3 is 2.30 bits per heavy atom. The van der Waals surface area contributed by atoms with E-state index in [9.17, 15) is 9.59 Å². The van der Waals surface area contributed by atoms with Gasteiger partial charge >= 0.3 is 5.97 Å². The van der Waals surface area contributed by atoms with E-state index in [0.29, 0.717) is 11.5 Å². The number of carbonyl (C=O) groups is 2. The number of likely N-dealkylation sites (N-methyl/N-ethyl adjacent to an activating group) is 1. The minimum absolute atomic E-state index is 0.0985. The number of hydrogen-bond acceptors (Lipinski definition) is 4. The van der Waals surface area contributed by atoms with Gasteiger partial charge in [0.05, 0.1) is 5.56 Å². The van der Waals surface area contributed by atoms with Gasteiger partial charge in [-0.2, -0.15) is 0 Å². The Bertz CT molecular complexity index is 512. The first-order valence-corrected chi connectivity index (χ1v) is 6.45. The molecule has 6 nitrogen and oxygen atoms in total. The number of pyridine rings is 1. The van der Waals surface area contributed by atoms with Gasteiger partial charge in [0.15, 0.2) is 0 Å². The van der Waals surface area contributed by atoms with E-state index in [2.05, 4.69) is 10.3 Å². The summed E-state index contributed by atoms with van der Waals surface area (Å²) < 4.78 is 0. The lowest BCUT2D eigenvalue weighted by molar-refractivity contribution is -0.129. The zero-order chi connectivity index (χ0) is 15.4. The van der Waals surface area contributed by atoms with E-state index in [0.717, 1.165) is 0 Å². The summed E-state index contributed by atoms with van der Waals surface area (Å²) in [6.45, 7) is 5.59. The molecule has 0 aliphatic carbocycles. The van der Waals surface area contributed by atoms with Gasteiger partial charge in [-0.25, -0.2) is 9.78 Å². The highest BCUT2D eigenvalue weighted by molar-refractivity contribution is 5.89. The third kappa shape index (κ3) is 3.94. The molecule has 1 unspecified atom stereocenters. The van der Waals surface area contributed by atoms with Crippen molar-refractivity contribution in [2.75, 3.05) is 19.4 Å². The first-order chi connectivity index (χ1) is 9.22. The van der Waals surface area contributed by atoms with Crippen LogP contribution in [0.1, 0.15) is 42.7 Å². The minimum Gasteiger partial charge on any atom is -0.478 e. The van der Waals surface area contributed by atoms with Crippen LogP contribution in [0.5, 0.6) is 0 Å². The van der Waals surface area contributed by atoms with Crippen LogP contribution >= 0.6 is 0 Å². The normalized spacial score (nSPS) is 12.1. The second kappa shape index (κ2) is 6.36. The number of carboxylic acid groups (broad SMARTS) is 1. The number of nitrogens with one attached hydrogen (secondary N) is 1. The second-order valence-electron chi connectivity index (χ2n) is 5.22. The molecule has 1 amide bonds. The van der Waals surface area contributed by atoms with E-state index in [4.69, 9.17) is 5.11 Å². The summed E-state index contributed by atoms with van der Waals surface area (Å²) in [4.78, 5) is 28.8. The zero-order valence-electron chi connectivity index (χ0n) is 12.5. The number of carbonyl (C=O) groups excluding carboxylic acids is 1. The van der Waals surface area contributed by atoms with Crippen molar-refractivity contribution in [2.24, 2.45) is 0 Å². The lowest BCUT2D eigenvalue weighted by Gasteiger charge is -2.19. The van der Waals surface area contributed by atoms with Gasteiger partial charge in [0, 0.05) is 19.8 Å². The molecule has 2 N–H and O–H groups in total. The Labute approximate surface area is 118 Å². The molecule has 0 radical (unpaired) electrons. The van der Waals surface area contributed by atoms with E-state index in [1.807, 2.05) is 13.8 Å². The summed E-state index contributed by atoms with van der Waals surface area (Å²) >= 11 is 0. The van der Waals surface area contributed by atoms with Crippen LogP contribution < -0.4 is 5.32 Å². The molecule has 1 aromatic heterocycles. The van der Waals surface area contributed by atoms with Gasteiger partial charge < -0.3 is 15.3 Å². The van der Waals surface area contributed by atoms with Gasteiger partial charge in [-0.15, -0.1) is 0 Å². The Kier molecular flexibility index (Phi) is 5.07. The van der Waals surface area contributed by atoms with Crippen molar-refractivity contribution in [2.45, 2.75) is 32.7 Å². The molecule has 0 aliphatic heterocycles. The molecule has 0 spiro atoms. The summed E-state index contributed by atoms with van der Waals surface area (Å²) in [5.41, 5.74) is 0.840. The van der Waals surface area contributed by atoms with Crippen molar-refractivity contribution in [1.29, 1.82) is 0 Å². The summed E-state index contributed by atoms with van der Waals surface area (Å²) in [7, 11) is 3.34. The number of aromatic nitrogens is 1. The number of aromatic carboxylic acids is 1. The van der Waals surface area contributed by atoms with Crippen LogP contribution in [-0.4, -0.2) is 47.0 Å². The Hall–Kier alpha value is -2.11. The van der Waals surface area contributed by atoms with E-state index < -0.39 is 12.0 Å². The highest BCUT2D eigenvalue weighted by Crippen LogP contribution is 2.18.